The van der Waals surface area contributed by atoms with Gasteiger partial charge in [0.1, 0.15) is 5.52 Å². The highest BCUT2D eigenvalue weighted by molar-refractivity contribution is 9.10. The van der Waals surface area contributed by atoms with Crippen LogP contribution >= 0.6 is 15.9 Å². The summed E-state index contributed by atoms with van der Waals surface area (Å²) in [7, 11) is 0. The topological polar surface area (TPSA) is 64.4 Å². The Morgan fingerprint density at radius 3 is 2.45 bits per heavy atom. The molecule has 0 radical (unpaired) electrons. The zero-order chi connectivity index (χ0) is 20.6. The number of anilines is 1. The molecular formula is C23H25BrN2O3. The van der Waals surface area contributed by atoms with Gasteiger partial charge in [-0.2, -0.15) is 0 Å². The highest BCUT2D eigenvalue weighted by Crippen LogP contribution is 2.37. The predicted octanol–water partition coefficient (Wildman–Crippen LogP) is 5.57. The third-order valence-electron chi connectivity index (χ3n) is 5.46. The van der Waals surface area contributed by atoms with Crippen LogP contribution in [0.1, 0.15) is 45.1 Å². The fourth-order valence-corrected chi connectivity index (χ4v) is 3.98. The molecule has 0 spiro atoms. The molecule has 5 nitrogen and oxygen atoms in total. The second-order valence-electron chi connectivity index (χ2n) is 8.61. The molecule has 1 saturated heterocycles. The Balaban J connectivity index is 1.64. The number of hydrogen-bond acceptors (Lipinski definition) is 4. The van der Waals surface area contributed by atoms with Gasteiger partial charge in [0.05, 0.1) is 5.41 Å². The molecule has 0 atom stereocenters. The molecule has 1 fully saturated rings. The Labute approximate surface area is 179 Å². The smallest absolute Gasteiger partial charge is 0.235 e. The summed E-state index contributed by atoms with van der Waals surface area (Å²) in [5, 5.41) is 3.12. The van der Waals surface area contributed by atoms with E-state index >= 15 is 0 Å². The molecule has 0 saturated carbocycles. The summed E-state index contributed by atoms with van der Waals surface area (Å²) in [5.74, 6) is 0.675. The van der Waals surface area contributed by atoms with Crippen LogP contribution in [0.3, 0.4) is 0 Å². The van der Waals surface area contributed by atoms with E-state index in [-0.39, 0.29) is 11.3 Å². The first-order chi connectivity index (χ1) is 13.8. The van der Waals surface area contributed by atoms with Gasteiger partial charge in [-0.05, 0) is 48.7 Å². The van der Waals surface area contributed by atoms with Crippen LogP contribution in [0.25, 0.3) is 11.1 Å². The molecule has 2 aromatic carbocycles. The normalized spacial score (nSPS) is 16.7. The molecule has 6 heteroatoms. The summed E-state index contributed by atoms with van der Waals surface area (Å²) < 4.78 is 12.4. The summed E-state index contributed by atoms with van der Waals surface area (Å²) in [6, 6.07) is 13.6. The minimum Gasteiger partial charge on any atom is -0.440 e. The molecule has 1 aliphatic rings. The standard InChI is InChI=1S/C23H25BrN2O3/c1-22(2,3)21-26-18-14-17(8-9-19(18)29-21)25-20(27)23(10-12-28-13-11-23)15-4-6-16(24)7-5-15/h4-9,14H,10-13H2,1-3H3,(H,25,27). The van der Waals surface area contributed by atoms with Gasteiger partial charge in [0, 0.05) is 28.8 Å². The number of nitrogens with zero attached hydrogens (tertiary/aromatic N) is 1. The summed E-state index contributed by atoms with van der Waals surface area (Å²) in [6.07, 6.45) is 1.31. The van der Waals surface area contributed by atoms with Gasteiger partial charge in [0.15, 0.2) is 5.58 Å². The molecule has 1 aromatic heterocycles. The van der Waals surface area contributed by atoms with Crippen molar-refractivity contribution in [3.05, 3.63) is 58.4 Å². The van der Waals surface area contributed by atoms with Crippen molar-refractivity contribution in [1.29, 1.82) is 0 Å². The van der Waals surface area contributed by atoms with Crippen LogP contribution < -0.4 is 5.32 Å². The Bertz CT molecular complexity index is 1030. The molecule has 1 amide bonds. The third kappa shape index (κ3) is 3.96. The number of benzene rings is 2. The van der Waals surface area contributed by atoms with E-state index in [4.69, 9.17) is 9.15 Å². The van der Waals surface area contributed by atoms with E-state index in [2.05, 4.69) is 47.0 Å². The van der Waals surface area contributed by atoms with E-state index < -0.39 is 5.41 Å². The van der Waals surface area contributed by atoms with Crippen LogP contribution in [0.5, 0.6) is 0 Å². The van der Waals surface area contributed by atoms with Gasteiger partial charge in [-0.25, -0.2) is 4.98 Å². The molecule has 152 valence electrons. The molecule has 2 heterocycles. The summed E-state index contributed by atoms with van der Waals surface area (Å²) in [5.41, 5.74) is 2.43. The van der Waals surface area contributed by atoms with Gasteiger partial charge in [-0.1, -0.05) is 48.8 Å². The van der Waals surface area contributed by atoms with Crippen LogP contribution in [-0.4, -0.2) is 24.1 Å². The number of rotatable bonds is 3. The predicted molar refractivity (Wildman–Crippen MR) is 117 cm³/mol. The zero-order valence-corrected chi connectivity index (χ0v) is 18.5. The van der Waals surface area contributed by atoms with Crippen LogP contribution in [-0.2, 0) is 20.4 Å². The van der Waals surface area contributed by atoms with Gasteiger partial charge < -0.3 is 14.5 Å². The third-order valence-corrected chi connectivity index (χ3v) is 5.99. The Hall–Kier alpha value is -2.18. The molecule has 3 aromatic rings. The van der Waals surface area contributed by atoms with Crippen LogP contribution in [0.4, 0.5) is 5.69 Å². The van der Waals surface area contributed by atoms with Gasteiger partial charge in [0.2, 0.25) is 11.8 Å². The number of oxazole rings is 1. The zero-order valence-electron chi connectivity index (χ0n) is 16.9. The first-order valence-electron chi connectivity index (χ1n) is 9.84. The number of ether oxygens (including phenoxy) is 1. The lowest BCUT2D eigenvalue weighted by atomic mass is 9.73. The van der Waals surface area contributed by atoms with E-state index in [0.29, 0.717) is 31.9 Å². The number of nitrogens with one attached hydrogen (secondary N) is 1. The van der Waals surface area contributed by atoms with E-state index in [1.54, 1.807) is 0 Å². The van der Waals surface area contributed by atoms with Crippen molar-refractivity contribution < 1.29 is 13.9 Å². The quantitative estimate of drug-likeness (QED) is 0.558. The van der Waals surface area contributed by atoms with Crippen molar-refractivity contribution in [2.45, 2.75) is 44.4 Å². The fraction of sp³-hybridized carbons (Fsp3) is 0.391. The Morgan fingerprint density at radius 1 is 1.10 bits per heavy atom. The first-order valence-corrected chi connectivity index (χ1v) is 10.6. The number of carbonyl (C=O) groups excluding carboxylic acids is 1. The number of carbonyl (C=O) groups is 1. The number of aromatic nitrogens is 1. The summed E-state index contributed by atoms with van der Waals surface area (Å²) in [4.78, 5) is 18.1. The lowest BCUT2D eigenvalue weighted by molar-refractivity contribution is -0.125. The van der Waals surface area contributed by atoms with Crippen LogP contribution in [0, 0.1) is 0 Å². The van der Waals surface area contributed by atoms with Gasteiger partial charge >= 0.3 is 0 Å². The first kappa shape index (κ1) is 20.1. The van der Waals surface area contributed by atoms with E-state index in [1.165, 1.54) is 0 Å². The average Bonchev–Trinajstić information content (AvgIpc) is 3.13. The fourth-order valence-electron chi connectivity index (χ4n) is 3.71. The minimum atomic E-state index is -0.603. The van der Waals surface area contributed by atoms with Gasteiger partial charge in [-0.3, -0.25) is 4.79 Å². The highest BCUT2D eigenvalue weighted by atomic mass is 79.9. The second-order valence-corrected chi connectivity index (χ2v) is 9.52. The molecule has 1 aliphatic heterocycles. The van der Waals surface area contributed by atoms with E-state index in [0.717, 1.165) is 26.8 Å². The summed E-state index contributed by atoms with van der Waals surface area (Å²) >= 11 is 3.48. The maximum absolute atomic E-state index is 13.5. The second kappa shape index (κ2) is 7.58. The van der Waals surface area contributed by atoms with Crippen molar-refractivity contribution in [2.75, 3.05) is 18.5 Å². The molecule has 0 bridgehead atoms. The van der Waals surface area contributed by atoms with Crippen molar-refractivity contribution in [2.24, 2.45) is 0 Å². The molecule has 0 unspecified atom stereocenters. The van der Waals surface area contributed by atoms with Gasteiger partial charge in [0.25, 0.3) is 0 Å². The summed E-state index contributed by atoms with van der Waals surface area (Å²) in [6.45, 7) is 7.33. The SMILES string of the molecule is CC(C)(C)c1nc2cc(NC(=O)C3(c4ccc(Br)cc4)CCOCC3)ccc2o1. The number of fused-ring (bicyclic) bond motifs is 1. The number of hydrogen-bond donors (Lipinski definition) is 1. The number of amides is 1. The number of halogens is 1. The van der Waals surface area contributed by atoms with Crippen LogP contribution in [0.15, 0.2) is 51.4 Å². The molecule has 29 heavy (non-hydrogen) atoms. The van der Waals surface area contributed by atoms with Crippen molar-refractivity contribution >= 4 is 38.6 Å². The van der Waals surface area contributed by atoms with Crippen molar-refractivity contribution in [1.82, 2.24) is 4.98 Å². The minimum absolute atomic E-state index is 0.0120. The Kier molecular flexibility index (Phi) is 5.25. The molecule has 0 aliphatic carbocycles. The van der Waals surface area contributed by atoms with Crippen molar-refractivity contribution in [3.8, 4) is 0 Å². The highest BCUT2D eigenvalue weighted by Gasteiger charge is 2.41. The van der Waals surface area contributed by atoms with Crippen molar-refractivity contribution in [3.63, 3.8) is 0 Å². The monoisotopic (exact) mass is 456 g/mol. The van der Waals surface area contributed by atoms with E-state index in [1.807, 2.05) is 42.5 Å². The van der Waals surface area contributed by atoms with Crippen LogP contribution in [0.2, 0.25) is 0 Å². The molecule has 4 rings (SSSR count). The lowest BCUT2D eigenvalue weighted by Crippen LogP contribution is -2.44. The maximum Gasteiger partial charge on any atom is 0.235 e. The van der Waals surface area contributed by atoms with Gasteiger partial charge in [-0.15, -0.1) is 0 Å². The van der Waals surface area contributed by atoms with E-state index in [9.17, 15) is 4.79 Å². The average molecular weight is 457 g/mol. The lowest BCUT2D eigenvalue weighted by Gasteiger charge is -2.36. The largest absolute Gasteiger partial charge is 0.440 e. The molecular weight excluding hydrogens is 432 g/mol. The Morgan fingerprint density at radius 2 is 1.79 bits per heavy atom. The maximum atomic E-state index is 13.5. The molecule has 1 N–H and O–H groups in total.